The van der Waals surface area contributed by atoms with Gasteiger partial charge in [-0.3, -0.25) is 4.79 Å². The Hall–Kier alpha value is 0.650. The second kappa shape index (κ2) is 9.87. The van der Waals surface area contributed by atoms with E-state index in [4.69, 9.17) is 27.9 Å². The summed E-state index contributed by atoms with van der Waals surface area (Å²) >= 11 is 24.4. The molecule has 0 aromatic heterocycles. The fraction of sp³-hybridized carbons (Fsp3) is 0.500. The van der Waals surface area contributed by atoms with Gasteiger partial charge < -0.3 is 4.74 Å². The van der Waals surface area contributed by atoms with Crippen LogP contribution >= 0.6 is 86.9 Å². The minimum absolute atomic E-state index is 0.270. The van der Waals surface area contributed by atoms with E-state index in [1.807, 2.05) is 0 Å². The Morgan fingerprint density at radius 3 is 2.07 bits per heavy atom. The van der Waals surface area contributed by atoms with Gasteiger partial charge in [0.15, 0.2) is 26.5 Å². The zero-order valence-corrected chi connectivity index (χ0v) is 23.2. The minimum atomic E-state index is -1.61. The largest absolute Gasteiger partial charge is 0.460 e. The van der Waals surface area contributed by atoms with Crippen molar-refractivity contribution in [3.63, 3.8) is 0 Å². The van der Waals surface area contributed by atoms with E-state index in [1.165, 1.54) is 4.99 Å². The molecule has 0 amide bonds. The van der Waals surface area contributed by atoms with Crippen LogP contribution in [-0.4, -0.2) is 14.0 Å². The van der Waals surface area contributed by atoms with Crippen molar-refractivity contribution in [1.82, 2.24) is 0 Å². The molecule has 1 fully saturated rings. The molecule has 1 aliphatic rings. The highest BCUT2D eigenvalue weighted by atomic mass is 79.9. The molecule has 0 N–H and O–H groups in total. The quantitative estimate of drug-likeness (QED) is 0.123. The number of carbonyl (C=O) groups excluding carboxylic acids is 1. The number of hydrogen-bond acceptors (Lipinski definition) is 2. The highest BCUT2D eigenvalue weighted by molar-refractivity contribution is 9.14. The predicted molar refractivity (Wildman–Crippen MR) is 123 cm³/mol. The smallest absolute Gasteiger partial charge is 0.310 e. The van der Waals surface area contributed by atoms with Gasteiger partial charge in [-0.05, 0) is 32.2 Å². The summed E-state index contributed by atoms with van der Waals surface area (Å²) in [5, 5.41) is 0. The maximum Gasteiger partial charge on any atom is 0.310 e. The lowest BCUT2D eigenvalue weighted by molar-refractivity contribution is -0.147. The van der Waals surface area contributed by atoms with Gasteiger partial charge in [0.2, 0.25) is 0 Å². The maximum atomic E-state index is 14.4. The molecule has 0 aliphatic heterocycles. The number of benzene rings is 1. The molecule has 0 spiro atoms. The van der Waals surface area contributed by atoms with Gasteiger partial charge in [-0.25, -0.2) is 17.6 Å². The highest BCUT2D eigenvalue weighted by Gasteiger charge is 2.67. The Bertz CT molecular complexity index is 861. The lowest BCUT2D eigenvalue weighted by Gasteiger charge is -2.20. The molecular weight excluding hydrogens is 715 g/mol. The number of allylic oxidation sites excluding steroid dienone is 1. The van der Waals surface area contributed by atoms with Crippen LogP contribution in [0.1, 0.15) is 25.0 Å². The van der Waals surface area contributed by atoms with E-state index >= 15 is 0 Å². The molecule has 168 valence electrons. The zero-order chi connectivity index (χ0) is 23.2. The van der Waals surface area contributed by atoms with Gasteiger partial charge in [0, 0.05) is 16.5 Å². The van der Waals surface area contributed by atoms with Crippen LogP contribution in [0.5, 0.6) is 0 Å². The molecule has 30 heavy (non-hydrogen) atoms. The number of hydrogen-bond donors (Lipinski definition) is 0. The van der Waals surface area contributed by atoms with Crippen molar-refractivity contribution in [1.29, 1.82) is 0 Å². The summed E-state index contributed by atoms with van der Waals surface area (Å²) in [7, 11) is 0. The number of alkyl halides is 4. The van der Waals surface area contributed by atoms with Gasteiger partial charge in [-0.1, -0.05) is 84.8 Å². The second-order valence-corrected chi connectivity index (χ2v) is 13.3. The number of rotatable bonds is 7. The van der Waals surface area contributed by atoms with Gasteiger partial charge >= 0.3 is 5.97 Å². The molecule has 1 aromatic carbocycles. The predicted octanol–water partition coefficient (Wildman–Crippen LogP) is 8.02. The first-order chi connectivity index (χ1) is 13.7. The van der Waals surface area contributed by atoms with Crippen LogP contribution in [0, 0.1) is 40.5 Å². The second-order valence-electron chi connectivity index (χ2n) is 7.32. The van der Waals surface area contributed by atoms with Crippen LogP contribution in [0.2, 0.25) is 0 Å². The van der Waals surface area contributed by atoms with Gasteiger partial charge in [-0.15, -0.1) is 0 Å². The molecular formula is C18H14Br4Cl2F4O2. The first-order valence-corrected chi connectivity index (χ1v) is 12.5. The van der Waals surface area contributed by atoms with Crippen molar-refractivity contribution < 1.29 is 27.1 Å². The summed E-state index contributed by atoms with van der Waals surface area (Å²) in [6, 6.07) is 0. The van der Waals surface area contributed by atoms with E-state index < -0.39 is 72.8 Å². The molecule has 0 radical (unpaired) electrons. The molecule has 12 heteroatoms. The Morgan fingerprint density at radius 1 is 1.17 bits per heavy atom. The molecule has 1 aliphatic carbocycles. The van der Waals surface area contributed by atoms with Crippen molar-refractivity contribution >= 4 is 92.9 Å². The maximum absolute atomic E-state index is 14.4. The highest BCUT2D eigenvalue weighted by Crippen LogP contribution is 2.65. The third-order valence-corrected chi connectivity index (χ3v) is 10.1. The monoisotopic (exact) mass is 724 g/mol. The van der Waals surface area contributed by atoms with Gasteiger partial charge in [0.1, 0.15) is 6.61 Å². The number of esters is 1. The lowest BCUT2D eigenvalue weighted by Crippen LogP contribution is -2.23. The molecule has 0 heterocycles. The third kappa shape index (κ3) is 5.41. The van der Waals surface area contributed by atoms with Crippen LogP contribution in [0.3, 0.4) is 0 Å². The van der Waals surface area contributed by atoms with Crippen LogP contribution in [-0.2, 0) is 22.6 Å². The summed E-state index contributed by atoms with van der Waals surface area (Å²) in [5.74, 6) is -8.15. The van der Waals surface area contributed by atoms with E-state index in [2.05, 4.69) is 63.7 Å². The summed E-state index contributed by atoms with van der Waals surface area (Å²) in [6.07, 6.45) is -0.410. The van der Waals surface area contributed by atoms with Crippen LogP contribution < -0.4 is 0 Å². The van der Waals surface area contributed by atoms with E-state index in [0.29, 0.717) is 0 Å². The Balaban J connectivity index is 2.21. The summed E-state index contributed by atoms with van der Waals surface area (Å²) in [6.45, 7) is 2.58. The number of ether oxygens (including phenoxy) is 1. The topological polar surface area (TPSA) is 26.3 Å². The van der Waals surface area contributed by atoms with E-state index in [1.54, 1.807) is 13.8 Å². The molecule has 0 bridgehead atoms. The summed E-state index contributed by atoms with van der Waals surface area (Å²) in [5.41, 5.74) is -2.36. The standard InChI is InChI=1S/C18H14Br4Cl2F4O2/c1-17(2)9(15(21)18(22,23)24)10(17)16(29)30-5-8-13(27)11(25)7(3-6(20)4-19)12(26)14(8)28/h4,9-10,15H,3,5H2,1-2H3/t9-,10+,15?/m1/s1. The Morgan fingerprint density at radius 2 is 1.63 bits per heavy atom. The SMILES string of the molecule is CC1(C)[C@H](C(=O)OCc2c(F)c(F)c(CC(Br)=CBr)c(F)c2F)[C@@H]1C(Br)C(Cl)(Cl)Br. The van der Waals surface area contributed by atoms with Gasteiger partial charge in [0.25, 0.3) is 0 Å². The molecule has 1 saturated carbocycles. The fourth-order valence-corrected chi connectivity index (χ4v) is 5.31. The van der Waals surface area contributed by atoms with E-state index in [0.717, 1.165) is 0 Å². The molecule has 2 rings (SSSR count). The van der Waals surface area contributed by atoms with Crippen molar-refractivity contribution in [3.05, 3.63) is 43.9 Å². The number of halogens is 10. The van der Waals surface area contributed by atoms with Crippen LogP contribution in [0.4, 0.5) is 17.6 Å². The van der Waals surface area contributed by atoms with Crippen molar-refractivity contribution in [2.45, 2.75) is 34.9 Å². The van der Waals surface area contributed by atoms with Crippen LogP contribution in [0.15, 0.2) is 9.47 Å². The summed E-state index contributed by atoms with van der Waals surface area (Å²) < 4.78 is 61.2. The number of carbonyl (C=O) groups is 1. The molecule has 1 unspecified atom stereocenters. The molecule has 0 saturated heterocycles. The molecule has 1 aromatic rings. The van der Waals surface area contributed by atoms with Crippen molar-refractivity contribution in [3.8, 4) is 0 Å². The van der Waals surface area contributed by atoms with E-state index in [-0.39, 0.29) is 10.4 Å². The average molecular weight is 729 g/mol. The molecule has 2 nitrogen and oxygen atoms in total. The normalized spacial score (nSPS) is 22.1. The van der Waals surface area contributed by atoms with Crippen molar-refractivity contribution in [2.75, 3.05) is 0 Å². The van der Waals surface area contributed by atoms with E-state index in [9.17, 15) is 22.4 Å². The first-order valence-electron chi connectivity index (χ1n) is 8.32. The Kier molecular flexibility index (Phi) is 8.85. The average Bonchev–Trinajstić information content (AvgIpc) is 3.23. The third-order valence-electron chi connectivity index (χ3n) is 5.06. The van der Waals surface area contributed by atoms with Crippen LogP contribution in [0.25, 0.3) is 0 Å². The molecule has 3 atom stereocenters. The van der Waals surface area contributed by atoms with Gasteiger partial charge in [-0.2, -0.15) is 0 Å². The van der Waals surface area contributed by atoms with Crippen molar-refractivity contribution in [2.24, 2.45) is 17.3 Å². The minimum Gasteiger partial charge on any atom is -0.460 e. The Labute approximate surface area is 214 Å². The fourth-order valence-electron chi connectivity index (χ4n) is 3.32. The summed E-state index contributed by atoms with van der Waals surface area (Å²) in [4.78, 5) is 13.3. The first kappa shape index (κ1) is 26.9. The van der Waals surface area contributed by atoms with Gasteiger partial charge in [0.05, 0.1) is 16.3 Å². The zero-order valence-electron chi connectivity index (χ0n) is 15.3. The lowest BCUT2D eigenvalue weighted by atomic mass is 10.1.